The van der Waals surface area contributed by atoms with Gasteiger partial charge in [-0.3, -0.25) is 0 Å². The lowest BCUT2D eigenvalue weighted by molar-refractivity contribution is 0.496. The van der Waals surface area contributed by atoms with Crippen molar-refractivity contribution in [1.82, 2.24) is 15.3 Å². The number of imidazole rings is 1. The van der Waals surface area contributed by atoms with E-state index in [1.54, 1.807) is 0 Å². The lowest BCUT2D eigenvalue weighted by Gasteiger charge is -2.18. The predicted molar refractivity (Wildman–Crippen MR) is 68.6 cm³/mol. The third kappa shape index (κ3) is 1.57. The van der Waals surface area contributed by atoms with Crippen LogP contribution >= 0.6 is 15.9 Å². The van der Waals surface area contributed by atoms with E-state index in [9.17, 15) is 0 Å². The summed E-state index contributed by atoms with van der Waals surface area (Å²) in [5.41, 5.74) is 2.31. The number of aromatic nitrogens is 2. The molecule has 0 amide bonds. The molecule has 1 aliphatic rings. The zero-order valence-corrected chi connectivity index (χ0v) is 10.8. The Morgan fingerprint density at radius 3 is 3.06 bits per heavy atom. The van der Waals surface area contributed by atoms with Gasteiger partial charge in [-0.2, -0.15) is 0 Å². The number of hydrogen-bond acceptors (Lipinski definition) is 2. The molecule has 2 N–H and O–H groups in total. The van der Waals surface area contributed by atoms with Crippen molar-refractivity contribution in [2.24, 2.45) is 0 Å². The maximum absolute atomic E-state index is 4.69. The van der Waals surface area contributed by atoms with Gasteiger partial charge in [0.15, 0.2) is 0 Å². The Hall–Kier alpha value is -0.870. The molecule has 16 heavy (non-hydrogen) atoms. The second kappa shape index (κ2) is 3.57. The molecule has 0 aliphatic carbocycles. The summed E-state index contributed by atoms with van der Waals surface area (Å²) in [6.07, 6.45) is 1.15. The predicted octanol–water partition coefficient (Wildman–Crippen LogP) is 2.58. The summed E-state index contributed by atoms with van der Waals surface area (Å²) in [6, 6.07) is 6.16. The van der Waals surface area contributed by atoms with Crippen LogP contribution in [0, 0.1) is 0 Å². The lowest BCUT2D eigenvalue weighted by atomic mass is 9.89. The van der Waals surface area contributed by atoms with Crippen molar-refractivity contribution in [3.05, 3.63) is 28.5 Å². The summed E-state index contributed by atoms with van der Waals surface area (Å²) in [6.45, 7) is 4.35. The minimum Gasteiger partial charge on any atom is -0.341 e. The second-order valence-corrected chi connectivity index (χ2v) is 5.65. The van der Waals surface area contributed by atoms with Gasteiger partial charge in [0.2, 0.25) is 0 Å². The molecule has 0 spiro atoms. The zero-order chi connectivity index (χ0) is 11.2. The molecule has 84 valence electrons. The summed E-state index contributed by atoms with van der Waals surface area (Å²) in [4.78, 5) is 8.13. The van der Waals surface area contributed by atoms with Gasteiger partial charge in [0.1, 0.15) is 5.82 Å². The van der Waals surface area contributed by atoms with Crippen LogP contribution in [0.3, 0.4) is 0 Å². The van der Waals surface area contributed by atoms with E-state index in [1.807, 2.05) is 12.1 Å². The summed E-state index contributed by atoms with van der Waals surface area (Å²) >= 11 is 3.48. The van der Waals surface area contributed by atoms with Gasteiger partial charge in [-0.1, -0.05) is 22.9 Å². The monoisotopic (exact) mass is 279 g/mol. The Kier molecular flexibility index (Phi) is 2.30. The van der Waals surface area contributed by atoms with Crippen LogP contribution in [0.1, 0.15) is 19.2 Å². The van der Waals surface area contributed by atoms with E-state index in [1.165, 1.54) is 0 Å². The van der Waals surface area contributed by atoms with Crippen molar-refractivity contribution in [1.29, 1.82) is 0 Å². The number of H-pyrrole nitrogens is 1. The SMILES string of the molecule is CC1(c2nc3ccc(Br)cc3[nH]2)CCNC1. The third-order valence-electron chi connectivity index (χ3n) is 3.38. The van der Waals surface area contributed by atoms with E-state index in [0.717, 1.165) is 40.8 Å². The molecule has 1 aromatic heterocycles. The molecule has 0 bridgehead atoms. The quantitative estimate of drug-likeness (QED) is 0.843. The number of rotatable bonds is 1. The highest BCUT2D eigenvalue weighted by Gasteiger charge is 2.33. The summed E-state index contributed by atoms with van der Waals surface area (Å²) < 4.78 is 1.09. The fourth-order valence-corrected chi connectivity index (χ4v) is 2.65. The second-order valence-electron chi connectivity index (χ2n) is 4.73. The van der Waals surface area contributed by atoms with E-state index in [-0.39, 0.29) is 5.41 Å². The molecule has 3 nitrogen and oxygen atoms in total. The Labute approximate surface area is 103 Å². The highest BCUT2D eigenvalue weighted by Crippen LogP contribution is 2.30. The summed E-state index contributed by atoms with van der Waals surface area (Å²) in [5.74, 6) is 1.10. The molecule has 3 rings (SSSR count). The van der Waals surface area contributed by atoms with E-state index >= 15 is 0 Å². The maximum Gasteiger partial charge on any atom is 0.114 e. The van der Waals surface area contributed by atoms with Gasteiger partial charge >= 0.3 is 0 Å². The number of benzene rings is 1. The van der Waals surface area contributed by atoms with Crippen LogP contribution < -0.4 is 5.32 Å². The van der Waals surface area contributed by atoms with Crippen LogP contribution in [0.5, 0.6) is 0 Å². The number of nitrogens with one attached hydrogen (secondary N) is 2. The first-order valence-electron chi connectivity index (χ1n) is 5.54. The fraction of sp³-hybridized carbons (Fsp3) is 0.417. The van der Waals surface area contributed by atoms with Crippen molar-refractivity contribution in [3.63, 3.8) is 0 Å². The van der Waals surface area contributed by atoms with Gasteiger partial charge in [-0.05, 0) is 31.2 Å². The molecule has 1 unspecified atom stereocenters. The molecule has 1 fully saturated rings. The molecular weight excluding hydrogens is 266 g/mol. The highest BCUT2D eigenvalue weighted by molar-refractivity contribution is 9.10. The van der Waals surface area contributed by atoms with Crippen molar-refractivity contribution in [3.8, 4) is 0 Å². The van der Waals surface area contributed by atoms with Crippen LogP contribution in [0.4, 0.5) is 0 Å². The van der Waals surface area contributed by atoms with E-state index in [0.29, 0.717) is 0 Å². The normalized spacial score (nSPS) is 25.4. The van der Waals surface area contributed by atoms with E-state index in [4.69, 9.17) is 4.98 Å². The molecule has 1 aromatic carbocycles. The number of nitrogens with zero attached hydrogens (tertiary/aromatic N) is 1. The van der Waals surface area contributed by atoms with Crippen molar-refractivity contribution < 1.29 is 0 Å². The standard InChI is InChI=1S/C12H14BrN3/c1-12(4-5-14-7-12)11-15-9-3-2-8(13)6-10(9)16-11/h2-3,6,14H,4-5,7H2,1H3,(H,15,16). The smallest absolute Gasteiger partial charge is 0.114 e. The number of fused-ring (bicyclic) bond motifs is 1. The van der Waals surface area contributed by atoms with Crippen molar-refractivity contribution >= 4 is 27.0 Å². The Morgan fingerprint density at radius 2 is 2.31 bits per heavy atom. The van der Waals surface area contributed by atoms with Crippen LogP contribution in [-0.2, 0) is 5.41 Å². The van der Waals surface area contributed by atoms with Crippen LogP contribution in [0.15, 0.2) is 22.7 Å². The Morgan fingerprint density at radius 1 is 1.44 bits per heavy atom. The minimum absolute atomic E-state index is 0.158. The largest absolute Gasteiger partial charge is 0.341 e. The van der Waals surface area contributed by atoms with Crippen LogP contribution in [0.2, 0.25) is 0 Å². The molecule has 2 aromatic rings. The molecular formula is C12H14BrN3. The topological polar surface area (TPSA) is 40.7 Å². The molecule has 0 saturated carbocycles. The van der Waals surface area contributed by atoms with Crippen molar-refractivity contribution in [2.45, 2.75) is 18.8 Å². The van der Waals surface area contributed by atoms with E-state index < -0.39 is 0 Å². The highest BCUT2D eigenvalue weighted by atomic mass is 79.9. The maximum atomic E-state index is 4.69. The fourth-order valence-electron chi connectivity index (χ4n) is 2.29. The molecule has 0 radical (unpaired) electrons. The number of hydrogen-bond donors (Lipinski definition) is 2. The molecule has 2 heterocycles. The lowest BCUT2D eigenvalue weighted by Crippen LogP contribution is -2.26. The van der Waals surface area contributed by atoms with Gasteiger partial charge in [0.05, 0.1) is 11.0 Å². The molecule has 1 saturated heterocycles. The molecule has 1 aliphatic heterocycles. The van der Waals surface area contributed by atoms with E-state index in [2.05, 4.69) is 39.2 Å². The van der Waals surface area contributed by atoms with Crippen molar-refractivity contribution in [2.75, 3.05) is 13.1 Å². The molecule has 4 heteroatoms. The van der Waals surface area contributed by atoms with Crippen LogP contribution in [-0.4, -0.2) is 23.1 Å². The first kappa shape index (κ1) is 10.3. The van der Waals surface area contributed by atoms with Gasteiger partial charge < -0.3 is 10.3 Å². The number of aromatic amines is 1. The zero-order valence-electron chi connectivity index (χ0n) is 9.18. The van der Waals surface area contributed by atoms with Gasteiger partial charge in [0, 0.05) is 16.4 Å². The summed E-state index contributed by atoms with van der Waals surface area (Å²) in [5, 5.41) is 3.40. The average molecular weight is 280 g/mol. The average Bonchev–Trinajstić information content (AvgIpc) is 2.84. The van der Waals surface area contributed by atoms with Gasteiger partial charge in [-0.15, -0.1) is 0 Å². The van der Waals surface area contributed by atoms with Gasteiger partial charge in [0.25, 0.3) is 0 Å². The van der Waals surface area contributed by atoms with Gasteiger partial charge in [-0.25, -0.2) is 4.98 Å². The molecule has 1 atom stereocenters. The first-order chi connectivity index (χ1) is 7.67. The Balaban J connectivity index is 2.11. The summed E-state index contributed by atoms with van der Waals surface area (Å²) in [7, 11) is 0. The first-order valence-corrected chi connectivity index (χ1v) is 6.33. The Bertz CT molecular complexity index is 526. The number of halogens is 1. The van der Waals surface area contributed by atoms with Crippen LogP contribution in [0.25, 0.3) is 11.0 Å². The third-order valence-corrected chi connectivity index (χ3v) is 3.88. The minimum atomic E-state index is 0.158.